The second kappa shape index (κ2) is 14.2. The molecule has 0 N–H and O–H groups in total. The Bertz CT molecular complexity index is 3930. The molecule has 0 saturated carbocycles. The van der Waals surface area contributed by atoms with Gasteiger partial charge in [0.15, 0.2) is 0 Å². The molecule has 0 amide bonds. The van der Waals surface area contributed by atoms with E-state index in [-0.39, 0.29) is 0 Å². The number of rotatable bonds is 5. The summed E-state index contributed by atoms with van der Waals surface area (Å²) in [6.07, 6.45) is 0. The van der Waals surface area contributed by atoms with Crippen molar-refractivity contribution in [2.45, 2.75) is 0 Å². The van der Waals surface area contributed by atoms with Crippen LogP contribution in [-0.2, 0) is 0 Å². The summed E-state index contributed by atoms with van der Waals surface area (Å²) in [6, 6.07) is 87.4. The van der Waals surface area contributed by atoms with Crippen LogP contribution in [0.15, 0.2) is 237 Å². The highest BCUT2D eigenvalue weighted by molar-refractivity contribution is 6.36. The summed E-state index contributed by atoms with van der Waals surface area (Å²) in [4.78, 5) is 0. The molecule has 0 saturated heterocycles. The third kappa shape index (κ3) is 5.50. The van der Waals surface area contributed by atoms with Gasteiger partial charge in [-0.2, -0.15) is 0 Å². The van der Waals surface area contributed by atoms with E-state index in [0.29, 0.717) is 0 Å². The van der Waals surface area contributed by atoms with Crippen LogP contribution in [0.5, 0.6) is 0 Å². The Morgan fingerprint density at radius 3 is 1.48 bits per heavy atom. The molecule has 0 fully saturated rings. The minimum Gasteiger partial charge on any atom is -0.308 e. The maximum atomic E-state index is 2.56. The predicted octanol–water partition coefficient (Wildman–Crippen LogP) is 17.2. The summed E-state index contributed by atoms with van der Waals surface area (Å²) >= 11 is 0. The monoisotopic (exact) mass is 797 g/mol. The summed E-state index contributed by atoms with van der Waals surface area (Å²) in [5.41, 5.74) is 12.0. The molecule has 0 aliphatic heterocycles. The van der Waals surface area contributed by atoms with Crippen LogP contribution in [0, 0.1) is 0 Å². The van der Waals surface area contributed by atoms with Crippen LogP contribution in [0.25, 0.3) is 126 Å². The van der Waals surface area contributed by atoms with E-state index in [1.807, 2.05) is 0 Å². The van der Waals surface area contributed by atoms with Gasteiger partial charge in [-0.1, -0.05) is 206 Å². The molecule has 1 nitrogen and oxygen atoms in total. The molecule has 13 rings (SSSR count). The van der Waals surface area contributed by atoms with Crippen molar-refractivity contribution >= 4 is 75.5 Å². The highest BCUT2D eigenvalue weighted by Crippen LogP contribution is 2.51. The van der Waals surface area contributed by atoms with Crippen molar-refractivity contribution in [3.63, 3.8) is 0 Å². The second-order valence-corrected chi connectivity index (χ2v) is 16.8. The molecule has 12 aromatic carbocycles. The lowest BCUT2D eigenvalue weighted by atomic mass is 9.86. The molecule has 13 aromatic rings. The van der Waals surface area contributed by atoms with Gasteiger partial charge in [0.05, 0.1) is 11.2 Å². The fourth-order valence-corrected chi connectivity index (χ4v) is 10.5. The number of nitrogens with zero attached hydrogens (tertiary/aromatic N) is 1. The molecule has 0 aliphatic carbocycles. The molecule has 292 valence electrons. The van der Waals surface area contributed by atoms with Crippen LogP contribution < -0.4 is 0 Å². The van der Waals surface area contributed by atoms with E-state index >= 15 is 0 Å². The van der Waals surface area contributed by atoms with Crippen molar-refractivity contribution in [1.82, 2.24) is 4.57 Å². The van der Waals surface area contributed by atoms with E-state index < -0.39 is 0 Å². The first-order valence-electron chi connectivity index (χ1n) is 21.8. The first-order chi connectivity index (χ1) is 31.3. The topological polar surface area (TPSA) is 4.93 Å². The molecule has 0 spiro atoms. The highest BCUT2D eigenvalue weighted by atomic mass is 15.0. The molecular formula is C62H39N. The quantitative estimate of drug-likeness (QED) is 0.153. The van der Waals surface area contributed by atoms with Gasteiger partial charge in [0.1, 0.15) is 0 Å². The van der Waals surface area contributed by atoms with E-state index in [9.17, 15) is 0 Å². The number of hydrogen-bond acceptors (Lipinski definition) is 0. The Hall–Kier alpha value is -8.26. The van der Waals surface area contributed by atoms with Crippen molar-refractivity contribution in [1.29, 1.82) is 0 Å². The Balaban J connectivity index is 1.17. The molecule has 0 unspecified atom stereocenters. The average Bonchev–Trinajstić information content (AvgIpc) is 3.72. The molecule has 1 aromatic heterocycles. The standard InChI is InChI=1S/C62H39N/c1-3-18-42(19-4-1)58-60-59-53-29-15-13-27-51(53)56(46-32-31-40-17-7-8-22-44(40)37-46)39-57(59)52-28-14-16-30-54(52)62(60)63(61(58)43-20-5-2-6-21-43)47-35-33-41(34-36-47)55-38-45-23-9-10-24-48(45)49-25-11-12-26-50(49)55/h1-39H. The summed E-state index contributed by atoms with van der Waals surface area (Å²) in [7, 11) is 0. The van der Waals surface area contributed by atoms with E-state index in [4.69, 9.17) is 0 Å². The van der Waals surface area contributed by atoms with Crippen LogP contribution in [0.4, 0.5) is 0 Å². The van der Waals surface area contributed by atoms with Crippen LogP contribution >= 0.6 is 0 Å². The van der Waals surface area contributed by atoms with Gasteiger partial charge < -0.3 is 4.57 Å². The van der Waals surface area contributed by atoms with E-state index in [1.165, 1.54) is 120 Å². The third-order valence-corrected chi connectivity index (χ3v) is 13.3. The van der Waals surface area contributed by atoms with E-state index in [1.54, 1.807) is 0 Å². The molecule has 0 bridgehead atoms. The van der Waals surface area contributed by atoms with Crippen LogP contribution in [0.3, 0.4) is 0 Å². The zero-order chi connectivity index (χ0) is 41.4. The fraction of sp³-hybridized carbons (Fsp3) is 0. The van der Waals surface area contributed by atoms with E-state index in [0.717, 1.165) is 5.69 Å². The molecule has 1 heterocycles. The van der Waals surface area contributed by atoms with Gasteiger partial charge in [0.2, 0.25) is 0 Å². The van der Waals surface area contributed by atoms with Gasteiger partial charge in [-0.25, -0.2) is 0 Å². The largest absolute Gasteiger partial charge is 0.308 e. The Labute approximate surface area is 365 Å². The van der Waals surface area contributed by atoms with Gasteiger partial charge in [-0.15, -0.1) is 0 Å². The van der Waals surface area contributed by atoms with Crippen LogP contribution in [-0.4, -0.2) is 4.57 Å². The molecule has 0 aliphatic rings. The first-order valence-corrected chi connectivity index (χ1v) is 21.8. The summed E-state index contributed by atoms with van der Waals surface area (Å²) in [6.45, 7) is 0. The lowest BCUT2D eigenvalue weighted by molar-refractivity contribution is 1.14. The van der Waals surface area contributed by atoms with Crippen LogP contribution in [0.1, 0.15) is 0 Å². The number of aromatic nitrogens is 1. The summed E-state index contributed by atoms with van der Waals surface area (Å²) in [5.74, 6) is 0. The third-order valence-electron chi connectivity index (χ3n) is 13.3. The van der Waals surface area contributed by atoms with Crippen molar-refractivity contribution in [3.8, 4) is 50.3 Å². The highest BCUT2D eigenvalue weighted by Gasteiger charge is 2.27. The van der Waals surface area contributed by atoms with Crippen molar-refractivity contribution in [2.75, 3.05) is 0 Å². The van der Waals surface area contributed by atoms with Crippen molar-refractivity contribution in [3.05, 3.63) is 237 Å². The summed E-state index contributed by atoms with van der Waals surface area (Å²) in [5, 5.41) is 16.3. The summed E-state index contributed by atoms with van der Waals surface area (Å²) < 4.78 is 2.56. The Kier molecular flexibility index (Phi) is 7.98. The SMILES string of the molecule is c1ccc(-c2c(-c3ccccc3)n(-c3ccc(-c4cc5ccccc5c5ccccc45)cc3)c3c4ccccc4c4cc(-c5ccc6ccccc6c5)c5ccccc5c4c23)cc1. The predicted molar refractivity (Wildman–Crippen MR) is 270 cm³/mol. The van der Waals surface area contributed by atoms with Gasteiger partial charge in [-0.3, -0.25) is 0 Å². The number of benzene rings is 12. The molecule has 1 heteroatoms. The van der Waals surface area contributed by atoms with Crippen molar-refractivity contribution < 1.29 is 0 Å². The lowest BCUT2D eigenvalue weighted by Crippen LogP contribution is -1.98. The number of hydrogen-bond donors (Lipinski definition) is 0. The minimum absolute atomic E-state index is 1.12. The molecule has 0 radical (unpaired) electrons. The van der Waals surface area contributed by atoms with Gasteiger partial charge in [0.25, 0.3) is 0 Å². The smallest absolute Gasteiger partial charge is 0.0626 e. The average molecular weight is 798 g/mol. The zero-order valence-corrected chi connectivity index (χ0v) is 34.5. The van der Waals surface area contributed by atoms with Gasteiger partial charge >= 0.3 is 0 Å². The Morgan fingerprint density at radius 2 is 0.762 bits per heavy atom. The first kappa shape index (κ1) is 35.5. The second-order valence-electron chi connectivity index (χ2n) is 16.8. The van der Waals surface area contributed by atoms with E-state index in [2.05, 4.69) is 241 Å². The normalized spacial score (nSPS) is 11.8. The van der Waals surface area contributed by atoms with Gasteiger partial charge in [0, 0.05) is 27.4 Å². The number of fused-ring (bicyclic) bond motifs is 12. The lowest BCUT2D eigenvalue weighted by Gasteiger charge is -2.17. The fourth-order valence-electron chi connectivity index (χ4n) is 10.5. The maximum Gasteiger partial charge on any atom is 0.0626 e. The molecule has 63 heavy (non-hydrogen) atoms. The van der Waals surface area contributed by atoms with Gasteiger partial charge in [-0.05, 0) is 118 Å². The van der Waals surface area contributed by atoms with Crippen molar-refractivity contribution in [2.24, 2.45) is 0 Å². The molecule has 0 atom stereocenters. The minimum atomic E-state index is 1.12. The van der Waals surface area contributed by atoms with Crippen LogP contribution in [0.2, 0.25) is 0 Å². The Morgan fingerprint density at radius 1 is 0.254 bits per heavy atom. The molecular weight excluding hydrogens is 759 g/mol. The maximum absolute atomic E-state index is 2.56. The zero-order valence-electron chi connectivity index (χ0n) is 34.5.